The lowest BCUT2D eigenvalue weighted by Crippen LogP contribution is -2.03. The lowest BCUT2D eigenvalue weighted by molar-refractivity contribution is 0.591. The Morgan fingerprint density at radius 3 is 1.83 bits per heavy atom. The van der Waals surface area contributed by atoms with Gasteiger partial charge in [-0.15, -0.1) is 5.10 Å². The highest BCUT2D eigenvalue weighted by Crippen LogP contribution is 2.16. The second kappa shape index (κ2) is 14.2. The molecule has 18 heavy (non-hydrogen) atoms. The first-order valence-corrected chi connectivity index (χ1v) is 7.75. The van der Waals surface area contributed by atoms with Crippen molar-refractivity contribution in [3.05, 3.63) is 11.4 Å². The predicted octanol–water partition coefficient (Wildman–Crippen LogP) is 4.55. The largest absolute Gasteiger partial charge is 0.252 e. The summed E-state index contributed by atoms with van der Waals surface area (Å²) >= 11 is 0. The van der Waals surface area contributed by atoms with Crippen LogP contribution in [-0.2, 0) is 19.9 Å². The average molecular weight is 255 g/mol. The molecule has 0 unspecified atom stereocenters. The van der Waals surface area contributed by atoms with Crippen molar-refractivity contribution in [2.45, 2.75) is 80.1 Å². The Morgan fingerprint density at radius 2 is 1.28 bits per heavy atom. The Balaban J connectivity index is 0. The van der Waals surface area contributed by atoms with Gasteiger partial charge in [-0.1, -0.05) is 59.6 Å². The van der Waals surface area contributed by atoms with Gasteiger partial charge < -0.3 is 0 Å². The summed E-state index contributed by atoms with van der Waals surface area (Å²) < 4.78 is 1.93. The Bertz CT molecular complexity index is 267. The van der Waals surface area contributed by atoms with Gasteiger partial charge in [-0.2, -0.15) is 0 Å². The molecule has 3 heteroatoms. The van der Waals surface area contributed by atoms with E-state index in [1.54, 1.807) is 0 Å². The van der Waals surface area contributed by atoms with Crippen LogP contribution < -0.4 is 0 Å². The van der Waals surface area contributed by atoms with Crippen LogP contribution in [0.5, 0.6) is 0 Å². The van der Waals surface area contributed by atoms with E-state index in [0.717, 1.165) is 6.42 Å². The van der Waals surface area contributed by atoms with Gasteiger partial charge in [0.25, 0.3) is 0 Å². The van der Waals surface area contributed by atoms with Crippen LogP contribution in [0.4, 0.5) is 0 Å². The maximum absolute atomic E-state index is 4.17. The molecule has 0 spiro atoms. The third-order valence-corrected chi connectivity index (χ3v) is 2.60. The van der Waals surface area contributed by atoms with E-state index >= 15 is 0 Å². The summed E-state index contributed by atoms with van der Waals surface area (Å²) in [7, 11) is 1.99. The molecule has 0 atom stereocenters. The first-order valence-electron chi connectivity index (χ1n) is 7.75. The summed E-state index contributed by atoms with van der Waals surface area (Å²) in [5.74, 6) is 0. The van der Waals surface area contributed by atoms with Gasteiger partial charge >= 0.3 is 0 Å². The molecular weight excluding hydrogens is 222 g/mol. The second-order valence-corrected chi connectivity index (χ2v) is 3.52. The number of hydrogen-bond donors (Lipinski definition) is 0. The van der Waals surface area contributed by atoms with E-state index in [4.69, 9.17) is 0 Å². The molecule has 0 radical (unpaired) electrons. The zero-order valence-electron chi connectivity index (χ0n) is 13.6. The number of aryl methyl sites for hydroxylation is 2. The molecule has 0 saturated heterocycles. The molecule has 0 aromatic carbocycles. The van der Waals surface area contributed by atoms with E-state index in [9.17, 15) is 0 Å². The van der Waals surface area contributed by atoms with E-state index in [1.165, 1.54) is 43.5 Å². The number of nitrogens with zero attached hydrogens (tertiary/aromatic N) is 3. The smallest absolute Gasteiger partial charge is 0.0859 e. The molecule has 0 amide bonds. The Morgan fingerprint density at radius 1 is 0.778 bits per heavy atom. The van der Waals surface area contributed by atoms with Gasteiger partial charge in [-0.05, 0) is 25.7 Å². The zero-order valence-corrected chi connectivity index (χ0v) is 13.6. The number of hydrogen-bond acceptors (Lipinski definition) is 2. The maximum Gasteiger partial charge on any atom is 0.0859 e. The van der Waals surface area contributed by atoms with Gasteiger partial charge in [0, 0.05) is 7.05 Å². The van der Waals surface area contributed by atoms with Gasteiger partial charge in [0.1, 0.15) is 0 Å². The fraction of sp³-hybridized carbons (Fsp3) is 0.867. The lowest BCUT2D eigenvalue weighted by atomic mass is 10.0. The Hall–Kier alpha value is -0.860. The SMILES string of the molecule is CC.CC.CC.Cn1nnc2c1CCCCCC2. The van der Waals surface area contributed by atoms with Gasteiger partial charge in [0.2, 0.25) is 0 Å². The van der Waals surface area contributed by atoms with Crippen molar-refractivity contribution in [1.29, 1.82) is 0 Å². The molecule has 2 rings (SSSR count). The molecule has 3 nitrogen and oxygen atoms in total. The van der Waals surface area contributed by atoms with Crippen LogP contribution in [0.25, 0.3) is 0 Å². The monoisotopic (exact) mass is 255 g/mol. The number of aromatic nitrogens is 3. The maximum atomic E-state index is 4.17. The third kappa shape index (κ3) is 6.77. The minimum atomic E-state index is 1.13. The van der Waals surface area contributed by atoms with E-state index < -0.39 is 0 Å². The Labute approximate surface area is 114 Å². The van der Waals surface area contributed by atoms with E-state index in [0.29, 0.717) is 0 Å². The van der Waals surface area contributed by atoms with Crippen LogP contribution in [0.2, 0.25) is 0 Å². The van der Waals surface area contributed by atoms with E-state index in [1.807, 2.05) is 53.3 Å². The van der Waals surface area contributed by atoms with Crippen molar-refractivity contribution >= 4 is 0 Å². The molecule has 0 fully saturated rings. The fourth-order valence-corrected chi connectivity index (χ4v) is 1.86. The minimum Gasteiger partial charge on any atom is -0.252 e. The fourth-order valence-electron chi connectivity index (χ4n) is 1.86. The molecule has 1 aromatic heterocycles. The molecule has 1 aromatic rings. The second-order valence-electron chi connectivity index (χ2n) is 3.52. The summed E-state index contributed by atoms with van der Waals surface area (Å²) in [6.07, 6.45) is 7.60. The van der Waals surface area contributed by atoms with Crippen LogP contribution in [-0.4, -0.2) is 15.0 Å². The molecular formula is C15H33N3. The normalized spacial score (nSPS) is 13.1. The highest BCUT2D eigenvalue weighted by atomic mass is 15.4. The zero-order chi connectivity index (χ0) is 14.4. The minimum absolute atomic E-state index is 1.13. The number of rotatable bonds is 0. The molecule has 1 aliphatic rings. The van der Waals surface area contributed by atoms with Crippen molar-refractivity contribution in [3.63, 3.8) is 0 Å². The standard InChI is InChI=1S/C9H15N3.3C2H6/c1-12-9-7-5-3-2-4-6-8(9)10-11-12;3*1-2/h2-7H2,1H3;3*1-2H3. The van der Waals surface area contributed by atoms with E-state index in [2.05, 4.69) is 10.3 Å². The third-order valence-electron chi connectivity index (χ3n) is 2.60. The molecule has 0 bridgehead atoms. The van der Waals surface area contributed by atoms with Crippen molar-refractivity contribution in [2.24, 2.45) is 7.05 Å². The Kier molecular flexibility index (Phi) is 15.4. The first kappa shape index (κ1) is 19.5. The topological polar surface area (TPSA) is 30.7 Å². The van der Waals surface area contributed by atoms with Gasteiger partial charge in [-0.3, -0.25) is 4.68 Å². The highest BCUT2D eigenvalue weighted by Gasteiger charge is 2.11. The molecule has 0 aliphatic heterocycles. The van der Waals surface area contributed by atoms with E-state index in [-0.39, 0.29) is 0 Å². The van der Waals surface area contributed by atoms with Crippen LogP contribution in [0.1, 0.15) is 78.6 Å². The van der Waals surface area contributed by atoms with Crippen LogP contribution in [0.3, 0.4) is 0 Å². The van der Waals surface area contributed by atoms with Crippen LogP contribution in [0, 0.1) is 0 Å². The molecule has 1 heterocycles. The van der Waals surface area contributed by atoms with Crippen molar-refractivity contribution in [1.82, 2.24) is 15.0 Å². The molecule has 1 aliphatic carbocycles. The summed E-state index contributed by atoms with van der Waals surface area (Å²) in [6.45, 7) is 12.0. The summed E-state index contributed by atoms with van der Waals surface area (Å²) in [5.41, 5.74) is 2.59. The summed E-state index contributed by atoms with van der Waals surface area (Å²) in [4.78, 5) is 0. The first-order chi connectivity index (χ1) is 8.88. The molecule has 0 saturated carbocycles. The van der Waals surface area contributed by atoms with Crippen LogP contribution >= 0.6 is 0 Å². The number of fused-ring (bicyclic) bond motifs is 1. The lowest BCUT2D eigenvalue weighted by Gasteiger charge is -2.08. The van der Waals surface area contributed by atoms with Crippen molar-refractivity contribution in [2.75, 3.05) is 0 Å². The van der Waals surface area contributed by atoms with Crippen LogP contribution in [0.15, 0.2) is 0 Å². The molecule has 0 N–H and O–H groups in total. The predicted molar refractivity (Wildman–Crippen MR) is 80.9 cm³/mol. The average Bonchev–Trinajstić information content (AvgIpc) is 2.76. The van der Waals surface area contributed by atoms with Gasteiger partial charge in [-0.25, -0.2) is 0 Å². The highest BCUT2D eigenvalue weighted by molar-refractivity contribution is 5.10. The quantitative estimate of drug-likeness (QED) is 0.680. The molecule has 108 valence electrons. The summed E-state index contributed by atoms with van der Waals surface area (Å²) in [5, 5.41) is 8.22. The van der Waals surface area contributed by atoms with Gasteiger partial charge in [0.05, 0.1) is 11.4 Å². The van der Waals surface area contributed by atoms with Crippen molar-refractivity contribution in [3.8, 4) is 0 Å². The van der Waals surface area contributed by atoms with Crippen molar-refractivity contribution < 1.29 is 0 Å². The van der Waals surface area contributed by atoms with Gasteiger partial charge in [0.15, 0.2) is 0 Å². The summed E-state index contributed by atoms with van der Waals surface area (Å²) in [6, 6.07) is 0.